The van der Waals surface area contributed by atoms with Crippen LogP contribution in [-0.4, -0.2) is 51.3 Å². The summed E-state index contributed by atoms with van der Waals surface area (Å²) in [5.74, 6) is 0.806. The Hall–Kier alpha value is -3.94. The van der Waals surface area contributed by atoms with Crippen molar-refractivity contribution in [1.82, 2.24) is 25.1 Å². The Bertz CT molecular complexity index is 1680. The smallest absolute Gasteiger partial charge is 0.138 e. The van der Waals surface area contributed by atoms with Crippen molar-refractivity contribution in [2.45, 2.75) is 12.8 Å². The predicted molar refractivity (Wildman–Crippen MR) is 151 cm³/mol. The van der Waals surface area contributed by atoms with Gasteiger partial charge in [-0.1, -0.05) is 24.3 Å². The number of benzene rings is 2. The number of aromatic amines is 2. The molecule has 7 heteroatoms. The fourth-order valence-electron chi connectivity index (χ4n) is 5.28. The maximum Gasteiger partial charge on any atom is 0.138 e. The van der Waals surface area contributed by atoms with Crippen LogP contribution < -0.4 is 4.74 Å². The average Bonchev–Trinajstić information content (AvgIpc) is 3.74. The summed E-state index contributed by atoms with van der Waals surface area (Å²) in [6.07, 6.45) is 6.28. The molecule has 1 fully saturated rings. The molecule has 0 atom stereocenters. The van der Waals surface area contributed by atoms with E-state index in [1.165, 1.54) is 41.8 Å². The van der Waals surface area contributed by atoms with Gasteiger partial charge in [0.25, 0.3) is 0 Å². The van der Waals surface area contributed by atoms with Crippen molar-refractivity contribution in [2.75, 3.05) is 26.2 Å². The van der Waals surface area contributed by atoms with E-state index in [0.717, 1.165) is 51.2 Å². The Balaban J connectivity index is 1.20. The molecule has 0 amide bonds. The first-order chi connectivity index (χ1) is 18.3. The molecule has 1 aliphatic heterocycles. The molecule has 1 saturated heterocycles. The van der Waals surface area contributed by atoms with Gasteiger partial charge in [0.05, 0.1) is 17.4 Å². The number of pyridine rings is 1. The molecule has 0 bridgehead atoms. The van der Waals surface area contributed by atoms with Gasteiger partial charge in [-0.3, -0.25) is 15.0 Å². The van der Waals surface area contributed by atoms with Crippen molar-refractivity contribution >= 4 is 33.1 Å². The lowest BCUT2D eigenvalue weighted by molar-refractivity contribution is 0.237. The van der Waals surface area contributed by atoms with E-state index in [9.17, 15) is 0 Å². The Labute approximate surface area is 218 Å². The SMILES string of the molecule is c1csc(-c2cccc3[nH]c(-c4n[nH]c5ccc(-c6cncc(OCCN7CCCC7)c6)cc45)cc23)c1. The highest BCUT2D eigenvalue weighted by molar-refractivity contribution is 7.13. The first-order valence-electron chi connectivity index (χ1n) is 12.8. The first-order valence-corrected chi connectivity index (χ1v) is 13.6. The maximum atomic E-state index is 6.04. The minimum atomic E-state index is 0.684. The van der Waals surface area contributed by atoms with Gasteiger partial charge in [0.1, 0.15) is 18.1 Å². The molecular formula is C30H27N5OS. The maximum absolute atomic E-state index is 6.04. The Morgan fingerprint density at radius 3 is 2.73 bits per heavy atom. The number of ether oxygens (including phenoxy) is 1. The van der Waals surface area contributed by atoms with Crippen LogP contribution in [0.25, 0.3) is 54.8 Å². The highest BCUT2D eigenvalue weighted by atomic mass is 32.1. The molecule has 0 radical (unpaired) electrons. The monoisotopic (exact) mass is 505 g/mol. The summed E-state index contributed by atoms with van der Waals surface area (Å²) >= 11 is 1.76. The number of hydrogen-bond donors (Lipinski definition) is 2. The van der Waals surface area contributed by atoms with Gasteiger partial charge in [-0.25, -0.2) is 0 Å². The summed E-state index contributed by atoms with van der Waals surface area (Å²) in [4.78, 5) is 11.8. The molecule has 2 aromatic carbocycles. The summed E-state index contributed by atoms with van der Waals surface area (Å²) in [5.41, 5.74) is 7.38. The lowest BCUT2D eigenvalue weighted by atomic mass is 10.0. The second-order valence-electron chi connectivity index (χ2n) is 9.57. The molecule has 4 aromatic heterocycles. The van der Waals surface area contributed by atoms with Crippen LogP contribution in [-0.2, 0) is 0 Å². The highest BCUT2D eigenvalue weighted by Gasteiger charge is 2.15. The van der Waals surface area contributed by atoms with Crippen molar-refractivity contribution < 1.29 is 4.74 Å². The van der Waals surface area contributed by atoms with Crippen molar-refractivity contribution in [3.05, 3.63) is 78.4 Å². The molecule has 2 N–H and O–H groups in total. The van der Waals surface area contributed by atoms with E-state index in [2.05, 4.69) is 91.1 Å². The highest BCUT2D eigenvalue weighted by Crippen LogP contribution is 2.36. The Morgan fingerprint density at radius 1 is 0.892 bits per heavy atom. The number of nitrogens with one attached hydrogen (secondary N) is 2. The van der Waals surface area contributed by atoms with E-state index in [-0.39, 0.29) is 0 Å². The van der Waals surface area contributed by atoms with Gasteiger partial charge in [-0.05, 0) is 73.3 Å². The number of H-pyrrole nitrogens is 2. The summed E-state index contributed by atoms with van der Waals surface area (Å²) in [6.45, 7) is 4.01. The van der Waals surface area contributed by atoms with Gasteiger partial charge in [-0.2, -0.15) is 5.10 Å². The number of hydrogen-bond acceptors (Lipinski definition) is 5. The van der Waals surface area contributed by atoms with Crippen LogP contribution in [0.2, 0.25) is 0 Å². The van der Waals surface area contributed by atoms with E-state index >= 15 is 0 Å². The molecule has 0 aliphatic carbocycles. The van der Waals surface area contributed by atoms with Crippen LogP contribution in [0.3, 0.4) is 0 Å². The molecule has 184 valence electrons. The zero-order valence-corrected chi connectivity index (χ0v) is 21.2. The van der Waals surface area contributed by atoms with Gasteiger partial charge in [0.2, 0.25) is 0 Å². The van der Waals surface area contributed by atoms with Crippen LogP contribution in [0.1, 0.15) is 12.8 Å². The second-order valence-corrected chi connectivity index (χ2v) is 10.5. The van der Waals surface area contributed by atoms with Crippen LogP contribution in [0.5, 0.6) is 5.75 Å². The van der Waals surface area contributed by atoms with Crippen molar-refractivity contribution in [3.63, 3.8) is 0 Å². The fourth-order valence-corrected chi connectivity index (χ4v) is 6.05. The topological polar surface area (TPSA) is 69.8 Å². The molecule has 6 nitrogen and oxygen atoms in total. The van der Waals surface area contributed by atoms with Crippen molar-refractivity contribution in [1.29, 1.82) is 0 Å². The van der Waals surface area contributed by atoms with E-state index in [1.54, 1.807) is 17.5 Å². The number of aromatic nitrogens is 4. The van der Waals surface area contributed by atoms with E-state index in [0.29, 0.717) is 6.61 Å². The fraction of sp³-hybridized carbons (Fsp3) is 0.200. The van der Waals surface area contributed by atoms with Gasteiger partial charge >= 0.3 is 0 Å². The number of nitrogens with zero attached hydrogens (tertiary/aromatic N) is 3. The van der Waals surface area contributed by atoms with E-state index in [1.807, 2.05) is 6.20 Å². The molecule has 1 aliphatic rings. The third-order valence-corrected chi connectivity index (χ3v) is 8.09. The molecule has 0 saturated carbocycles. The van der Waals surface area contributed by atoms with Gasteiger partial charge in [0, 0.05) is 45.0 Å². The molecule has 0 unspecified atom stereocenters. The lowest BCUT2D eigenvalue weighted by Crippen LogP contribution is -2.25. The Kier molecular flexibility index (Phi) is 5.72. The summed E-state index contributed by atoms with van der Waals surface area (Å²) in [5, 5.41) is 12.3. The minimum absolute atomic E-state index is 0.684. The van der Waals surface area contributed by atoms with Crippen LogP contribution in [0, 0.1) is 0 Å². The average molecular weight is 506 g/mol. The van der Waals surface area contributed by atoms with Gasteiger partial charge in [-0.15, -0.1) is 11.3 Å². The first kappa shape index (κ1) is 22.3. The predicted octanol–water partition coefficient (Wildman–Crippen LogP) is 6.98. The van der Waals surface area contributed by atoms with Gasteiger partial charge in [0.15, 0.2) is 0 Å². The normalized spacial score (nSPS) is 14.2. The van der Waals surface area contributed by atoms with Crippen LogP contribution in [0.4, 0.5) is 0 Å². The van der Waals surface area contributed by atoms with Gasteiger partial charge < -0.3 is 9.72 Å². The van der Waals surface area contributed by atoms with E-state index < -0.39 is 0 Å². The summed E-state index contributed by atoms with van der Waals surface area (Å²) in [6, 6.07) is 21.3. The third kappa shape index (κ3) is 4.30. The quantitative estimate of drug-likeness (QED) is 0.246. The number of rotatable bonds is 7. The van der Waals surface area contributed by atoms with E-state index in [4.69, 9.17) is 4.74 Å². The summed E-state index contributed by atoms with van der Waals surface area (Å²) in [7, 11) is 0. The summed E-state index contributed by atoms with van der Waals surface area (Å²) < 4.78 is 6.04. The van der Waals surface area contributed by atoms with Crippen molar-refractivity contribution in [3.8, 4) is 38.7 Å². The molecule has 5 heterocycles. The molecule has 7 rings (SSSR count). The van der Waals surface area contributed by atoms with Crippen LogP contribution >= 0.6 is 11.3 Å². The second kappa shape index (κ2) is 9.50. The zero-order valence-electron chi connectivity index (χ0n) is 20.4. The molecular weight excluding hydrogens is 478 g/mol. The molecule has 6 aromatic rings. The standard InChI is InChI=1S/C30H27N5OS/c1-2-11-35(10-1)12-13-36-22-15-21(18-31-19-22)20-8-9-27-25(16-20)30(34-33-27)28-17-24-23(29-7-4-14-37-29)5-3-6-26(24)32-28/h3-9,14-19,32H,1-2,10-13H2,(H,33,34). The number of likely N-dealkylation sites (tertiary alicyclic amines) is 1. The van der Waals surface area contributed by atoms with Crippen LogP contribution in [0.15, 0.2) is 78.4 Å². The lowest BCUT2D eigenvalue weighted by Gasteiger charge is -2.15. The van der Waals surface area contributed by atoms with Crippen molar-refractivity contribution in [2.24, 2.45) is 0 Å². The Morgan fingerprint density at radius 2 is 1.84 bits per heavy atom. The zero-order chi connectivity index (χ0) is 24.6. The molecule has 0 spiro atoms. The molecule has 37 heavy (non-hydrogen) atoms. The minimum Gasteiger partial charge on any atom is -0.491 e. The number of fused-ring (bicyclic) bond motifs is 2. The number of thiophene rings is 1. The third-order valence-electron chi connectivity index (χ3n) is 7.19. The largest absolute Gasteiger partial charge is 0.491 e.